The SMILES string of the molecule is NCCCCn1ccccc1=O. The highest BCUT2D eigenvalue weighted by atomic mass is 16.1. The maximum absolute atomic E-state index is 11.1. The minimum absolute atomic E-state index is 0.0644. The standard InChI is InChI=1S/C9H14N2O/c10-6-2-4-8-11-7-3-1-5-9(11)12/h1,3,5,7H,2,4,6,8,10H2. The molecule has 0 aliphatic carbocycles. The van der Waals surface area contributed by atoms with Crippen LogP contribution in [0, 0.1) is 0 Å². The summed E-state index contributed by atoms with van der Waals surface area (Å²) in [5.41, 5.74) is 5.41. The Hall–Kier alpha value is -1.09. The van der Waals surface area contributed by atoms with Crippen molar-refractivity contribution in [3.8, 4) is 0 Å². The Labute approximate surface area is 71.8 Å². The number of nitrogens with two attached hydrogens (primary N) is 1. The van der Waals surface area contributed by atoms with Gasteiger partial charge in [0, 0.05) is 18.8 Å². The Kier molecular flexibility index (Phi) is 3.54. The second kappa shape index (κ2) is 4.72. The number of aryl methyl sites for hydroxylation is 1. The molecule has 1 heterocycles. The summed E-state index contributed by atoms with van der Waals surface area (Å²) in [6.07, 6.45) is 3.75. The van der Waals surface area contributed by atoms with Crippen LogP contribution in [0.2, 0.25) is 0 Å². The summed E-state index contributed by atoms with van der Waals surface area (Å²) in [5, 5.41) is 0. The number of hydrogen-bond acceptors (Lipinski definition) is 2. The smallest absolute Gasteiger partial charge is 0.250 e. The lowest BCUT2D eigenvalue weighted by atomic mass is 10.3. The van der Waals surface area contributed by atoms with E-state index in [0.29, 0.717) is 6.54 Å². The van der Waals surface area contributed by atoms with Crippen LogP contribution in [0.1, 0.15) is 12.8 Å². The number of rotatable bonds is 4. The molecular formula is C9H14N2O. The molecule has 0 fully saturated rings. The molecule has 12 heavy (non-hydrogen) atoms. The van der Waals surface area contributed by atoms with Crippen LogP contribution in [0.5, 0.6) is 0 Å². The van der Waals surface area contributed by atoms with Crippen molar-refractivity contribution in [3.05, 3.63) is 34.7 Å². The van der Waals surface area contributed by atoms with Crippen LogP contribution < -0.4 is 11.3 Å². The average molecular weight is 166 g/mol. The van der Waals surface area contributed by atoms with Gasteiger partial charge in [-0.1, -0.05) is 6.07 Å². The van der Waals surface area contributed by atoms with Crippen LogP contribution in [0.25, 0.3) is 0 Å². The van der Waals surface area contributed by atoms with Crippen molar-refractivity contribution >= 4 is 0 Å². The summed E-state index contributed by atoms with van der Waals surface area (Å²) in [6.45, 7) is 1.47. The molecule has 0 radical (unpaired) electrons. The monoisotopic (exact) mass is 166 g/mol. The summed E-state index contributed by atoms with van der Waals surface area (Å²) < 4.78 is 1.70. The van der Waals surface area contributed by atoms with Gasteiger partial charge in [0.15, 0.2) is 0 Å². The van der Waals surface area contributed by atoms with Gasteiger partial charge in [-0.2, -0.15) is 0 Å². The summed E-state index contributed by atoms with van der Waals surface area (Å²) in [6, 6.07) is 5.19. The average Bonchev–Trinajstić information content (AvgIpc) is 2.09. The molecule has 1 aromatic heterocycles. The summed E-state index contributed by atoms with van der Waals surface area (Å²) in [4.78, 5) is 11.1. The zero-order chi connectivity index (χ0) is 8.81. The summed E-state index contributed by atoms with van der Waals surface area (Å²) >= 11 is 0. The third-order valence-corrected chi connectivity index (χ3v) is 1.75. The van der Waals surface area contributed by atoms with Gasteiger partial charge in [-0.3, -0.25) is 4.79 Å². The van der Waals surface area contributed by atoms with Gasteiger partial charge in [-0.25, -0.2) is 0 Å². The molecule has 66 valence electrons. The zero-order valence-electron chi connectivity index (χ0n) is 7.07. The molecule has 0 atom stereocenters. The molecular weight excluding hydrogens is 152 g/mol. The fourth-order valence-corrected chi connectivity index (χ4v) is 1.07. The molecule has 1 rings (SSSR count). The van der Waals surface area contributed by atoms with Gasteiger partial charge in [0.25, 0.3) is 0 Å². The Bertz CT molecular complexity index is 280. The van der Waals surface area contributed by atoms with Crippen molar-refractivity contribution in [1.29, 1.82) is 0 Å². The zero-order valence-corrected chi connectivity index (χ0v) is 7.07. The lowest BCUT2D eigenvalue weighted by Crippen LogP contribution is -2.18. The minimum atomic E-state index is 0.0644. The fraction of sp³-hybridized carbons (Fsp3) is 0.444. The molecule has 0 unspecified atom stereocenters. The van der Waals surface area contributed by atoms with Crippen molar-refractivity contribution in [2.45, 2.75) is 19.4 Å². The van der Waals surface area contributed by atoms with Crippen molar-refractivity contribution in [3.63, 3.8) is 0 Å². The lowest BCUT2D eigenvalue weighted by molar-refractivity contribution is 0.598. The van der Waals surface area contributed by atoms with Gasteiger partial charge in [0.2, 0.25) is 5.56 Å². The van der Waals surface area contributed by atoms with E-state index < -0.39 is 0 Å². The highest BCUT2D eigenvalue weighted by Gasteiger charge is 1.91. The van der Waals surface area contributed by atoms with E-state index >= 15 is 0 Å². The van der Waals surface area contributed by atoms with Crippen molar-refractivity contribution in [1.82, 2.24) is 4.57 Å². The second-order valence-electron chi connectivity index (χ2n) is 2.73. The predicted octanol–water partition coefficient (Wildman–Crippen LogP) is 0.587. The molecule has 0 aliphatic heterocycles. The molecule has 0 saturated heterocycles. The first-order valence-electron chi connectivity index (χ1n) is 4.20. The first kappa shape index (κ1) is 9.00. The first-order valence-corrected chi connectivity index (χ1v) is 4.20. The molecule has 3 heteroatoms. The van der Waals surface area contributed by atoms with E-state index in [2.05, 4.69) is 0 Å². The predicted molar refractivity (Wildman–Crippen MR) is 49.0 cm³/mol. The van der Waals surface area contributed by atoms with E-state index in [1.54, 1.807) is 22.9 Å². The molecule has 1 aromatic rings. The van der Waals surface area contributed by atoms with Crippen molar-refractivity contribution < 1.29 is 0 Å². The Morgan fingerprint density at radius 3 is 2.83 bits per heavy atom. The van der Waals surface area contributed by atoms with Crippen LogP contribution in [0.15, 0.2) is 29.2 Å². The van der Waals surface area contributed by atoms with Crippen LogP contribution in [0.4, 0.5) is 0 Å². The van der Waals surface area contributed by atoms with E-state index in [4.69, 9.17) is 5.73 Å². The Morgan fingerprint density at radius 1 is 1.33 bits per heavy atom. The van der Waals surface area contributed by atoms with Gasteiger partial charge in [0.05, 0.1) is 0 Å². The molecule has 3 nitrogen and oxygen atoms in total. The minimum Gasteiger partial charge on any atom is -0.330 e. The third kappa shape index (κ3) is 2.51. The Balaban J connectivity index is 2.52. The Morgan fingerprint density at radius 2 is 2.17 bits per heavy atom. The molecule has 2 N–H and O–H groups in total. The number of aromatic nitrogens is 1. The number of hydrogen-bond donors (Lipinski definition) is 1. The van der Waals surface area contributed by atoms with Gasteiger partial charge in [-0.15, -0.1) is 0 Å². The van der Waals surface area contributed by atoms with E-state index in [9.17, 15) is 4.79 Å². The van der Waals surface area contributed by atoms with Crippen LogP contribution >= 0.6 is 0 Å². The molecule has 0 saturated carbocycles. The van der Waals surface area contributed by atoms with E-state index in [-0.39, 0.29) is 5.56 Å². The number of unbranched alkanes of at least 4 members (excludes halogenated alkanes) is 1. The molecule has 0 bridgehead atoms. The van der Waals surface area contributed by atoms with E-state index in [1.807, 2.05) is 6.07 Å². The quantitative estimate of drug-likeness (QED) is 0.665. The summed E-state index contributed by atoms with van der Waals surface area (Å²) in [5.74, 6) is 0. The molecule has 0 aromatic carbocycles. The number of nitrogens with zero attached hydrogens (tertiary/aromatic N) is 1. The van der Waals surface area contributed by atoms with Gasteiger partial charge >= 0.3 is 0 Å². The van der Waals surface area contributed by atoms with Gasteiger partial charge < -0.3 is 10.3 Å². The highest BCUT2D eigenvalue weighted by Crippen LogP contribution is 1.90. The molecule has 0 spiro atoms. The second-order valence-corrected chi connectivity index (χ2v) is 2.73. The van der Waals surface area contributed by atoms with E-state index in [1.165, 1.54) is 0 Å². The van der Waals surface area contributed by atoms with Crippen molar-refractivity contribution in [2.75, 3.05) is 6.54 Å². The highest BCUT2D eigenvalue weighted by molar-refractivity contribution is 4.92. The topological polar surface area (TPSA) is 48.0 Å². The maximum atomic E-state index is 11.1. The maximum Gasteiger partial charge on any atom is 0.250 e. The van der Waals surface area contributed by atoms with Crippen LogP contribution in [-0.2, 0) is 6.54 Å². The van der Waals surface area contributed by atoms with Crippen LogP contribution in [-0.4, -0.2) is 11.1 Å². The van der Waals surface area contributed by atoms with E-state index in [0.717, 1.165) is 19.4 Å². The first-order chi connectivity index (χ1) is 5.84. The summed E-state index contributed by atoms with van der Waals surface area (Å²) in [7, 11) is 0. The largest absolute Gasteiger partial charge is 0.330 e. The lowest BCUT2D eigenvalue weighted by Gasteiger charge is -2.02. The van der Waals surface area contributed by atoms with Gasteiger partial charge in [-0.05, 0) is 25.5 Å². The third-order valence-electron chi connectivity index (χ3n) is 1.75. The molecule has 0 aliphatic rings. The normalized spacial score (nSPS) is 10.1. The molecule has 0 amide bonds. The van der Waals surface area contributed by atoms with Crippen LogP contribution in [0.3, 0.4) is 0 Å². The fourth-order valence-electron chi connectivity index (χ4n) is 1.07. The van der Waals surface area contributed by atoms with Crippen molar-refractivity contribution in [2.24, 2.45) is 5.73 Å². The van der Waals surface area contributed by atoms with Gasteiger partial charge in [0.1, 0.15) is 0 Å². The number of pyridine rings is 1.